The highest BCUT2D eigenvalue weighted by Crippen LogP contribution is 2.20. The van der Waals surface area contributed by atoms with Gasteiger partial charge in [0.05, 0.1) is 3.79 Å². The van der Waals surface area contributed by atoms with Gasteiger partial charge in [0.1, 0.15) is 0 Å². The highest BCUT2D eigenvalue weighted by atomic mass is 79.9. The molecule has 0 atom stereocenters. The van der Waals surface area contributed by atoms with Crippen LogP contribution in [0.2, 0.25) is 0 Å². The van der Waals surface area contributed by atoms with E-state index in [0.717, 1.165) is 25.2 Å². The average Bonchev–Trinajstić information content (AvgIpc) is 2.72. The summed E-state index contributed by atoms with van der Waals surface area (Å²) < 4.78 is 1.19. The second kappa shape index (κ2) is 6.13. The molecule has 16 heavy (non-hydrogen) atoms. The topological polar surface area (TPSA) is 24.9 Å². The van der Waals surface area contributed by atoms with Gasteiger partial charge in [-0.1, -0.05) is 6.07 Å². The van der Waals surface area contributed by atoms with Crippen LogP contribution in [0, 0.1) is 0 Å². The first kappa shape index (κ1) is 11.8. The van der Waals surface area contributed by atoms with Crippen molar-refractivity contribution in [3.05, 3.63) is 50.9 Å². The van der Waals surface area contributed by atoms with E-state index in [2.05, 4.69) is 43.7 Å². The molecule has 4 heteroatoms. The summed E-state index contributed by atoms with van der Waals surface area (Å²) in [5.74, 6) is 0. The average molecular weight is 297 g/mol. The number of nitrogens with one attached hydrogen (secondary N) is 1. The summed E-state index contributed by atoms with van der Waals surface area (Å²) in [7, 11) is 0. The fourth-order valence-electron chi connectivity index (χ4n) is 1.43. The molecule has 2 rings (SSSR count). The van der Waals surface area contributed by atoms with Gasteiger partial charge < -0.3 is 5.32 Å². The first-order valence-electron chi connectivity index (χ1n) is 5.18. The zero-order chi connectivity index (χ0) is 11.2. The number of aromatic nitrogens is 1. The van der Waals surface area contributed by atoms with Crippen LogP contribution in [0.5, 0.6) is 0 Å². The maximum Gasteiger partial charge on any atom is 0.0701 e. The van der Waals surface area contributed by atoms with Gasteiger partial charge in [-0.2, -0.15) is 0 Å². The van der Waals surface area contributed by atoms with E-state index in [1.54, 1.807) is 11.3 Å². The number of pyridine rings is 1. The molecule has 2 heterocycles. The number of nitrogens with zero attached hydrogens (tertiary/aromatic N) is 1. The summed E-state index contributed by atoms with van der Waals surface area (Å²) in [6.45, 7) is 1.89. The summed E-state index contributed by atoms with van der Waals surface area (Å²) in [5.41, 5.74) is 2.47. The molecule has 0 aliphatic heterocycles. The highest BCUT2D eigenvalue weighted by molar-refractivity contribution is 9.11. The van der Waals surface area contributed by atoms with Crippen LogP contribution < -0.4 is 5.32 Å². The minimum atomic E-state index is 0.926. The Morgan fingerprint density at radius 1 is 1.38 bits per heavy atom. The number of thiophene rings is 1. The number of hydrogen-bond donors (Lipinski definition) is 1. The Morgan fingerprint density at radius 2 is 2.31 bits per heavy atom. The van der Waals surface area contributed by atoms with Gasteiger partial charge in [-0.25, -0.2) is 0 Å². The third kappa shape index (κ3) is 3.70. The van der Waals surface area contributed by atoms with Crippen LogP contribution >= 0.6 is 27.3 Å². The largest absolute Gasteiger partial charge is 0.312 e. The van der Waals surface area contributed by atoms with E-state index in [9.17, 15) is 0 Å². The second-order valence-corrected chi connectivity index (χ2v) is 5.80. The van der Waals surface area contributed by atoms with Gasteiger partial charge >= 0.3 is 0 Å². The Morgan fingerprint density at radius 3 is 3.00 bits per heavy atom. The molecule has 0 aliphatic rings. The summed E-state index contributed by atoms with van der Waals surface area (Å²) in [6.07, 6.45) is 2.82. The lowest BCUT2D eigenvalue weighted by atomic mass is 10.2. The Hall–Kier alpha value is -0.710. The van der Waals surface area contributed by atoms with Gasteiger partial charge in [0.15, 0.2) is 0 Å². The van der Waals surface area contributed by atoms with E-state index in [1.165, 1.54) is 9.35 Å². The minimum Gasteiger partial charge on any atom is -0.312 e. The molecule has 0 amide bonds. The second-order valence-electron chi connectivity index (χ2n) is 3.51. The molecule has 0 unspecified atom stereocenters. The fraction of sp³-hybridized carbons (Fsp3) is 0.250. The lowest BCUT2D eigenvalue weighted by Gasteiger charge is -2.02. The molecular formula is C12H13BrN2S. The molecule has 0 saturated carbocycles. The van der Waals surface area contributed by atoms with E-state index < -0.39 is 0 Å². The first-order valence-corrected chi connectivity index (χ1v) is 6.85. The number of halogens is 1. The van der Waals surface area contributed by atoms with Crippen molar-refractivity contribution < 1.29 is 0 Å². The van der Waals surface area contributed by atoms with Gasteiger partial charge in [0.2, 0.25) is 0 Å². The van der Waals surface area contributed by atoms with Crippen LogP contribution in [-0.4, -0.2) is 11.5 Å². The SMILES string of the molecule is Brc1cc(CNCCc2ccccn2)cs1. The monoisotopic (exact) mass is 296 g/mol. The molecule has 0 spiro atoms. The predicted octanol–water partition coefficient (Wildman–Crippen LogP) is 3.24. The predicted molar refractivity (Wildman–Crippen MR) is 71.7 cm³/mol. The lowest BCUT2D eigenvalue weighted by molar-refractivity contribution is 0.681. The molecule has 84 valence electrons. The van der Waals surface area contributed by atoms with Gasteiger partial charge in [0, 0.05) is 31.4 Å². The van der Waals surface area contributed by atoms with Crippen LogP contribution in [0.3, 0.4) is 0 Å². The van der Waals surface area contributed by atoms with Crippen molar-refractivity contribution in [1.82, 2.24) is 10.3 Å². The molecule has 0 aromatic carbocycles. The fourth-order valence-corrected chi connectivity index (χ4v) is 2.64. The lowest BCUT2D eigenvalue weighted by Crippen LogP contribution is -2.16. The van der Waals surface area contributed by atoms with Crippen LogP contribution in [0.25, 0.3) is 0 Å². The zero-order valence-corrected chi connectivity index (χ0v) is 11.2. The van der Waals surface area contributed by atoms with Gasteiger partial charge in [-0.3, -0.25) is 4.98 Å². The Bertz CT molecular complexity index is 428. The molecule has 0 fully saturated rings. The standard InChI is InChI=1S/C12H13BrN2S/c13-12-7-10(9-16-12)8-14-6-4-11-3-1-2-5-15-11/h1-3,5,7,9,14H,4,6,8H2. The Balaban J connectivity index is 1.69. The van der Waals surface area contributed by atoms with Gasteiger partial charge in [0.25, 0.3) is 0 Å². The van der Waals surface area contributed by atoms with E-state index in [-0.39, 0.29) is 0 Å². The number of hydrogen-bond acceptors (Lipinski definition) is 3. The van der Waals surface area contributed by atoms with E-state index in [1.807, 2.05) is 18.3 Å². The summed E-state index contributed by atoms with van der Waals surface area (Å²) in [6, 6.07) is 8.18. The summed E-state index contributed by atoms with van der Waals surface area (Å²) >= 11 is 5.18. The Kier molecular flexibility index (Phi) is 4.51. The molecule has 2 aromatic rings. The van der Waals surface area contributed by atoms with E-state index >= 15 is 0 Å². The Labute approximate surface area is 108 Å². The summed E-state index contributed by atoms with van der Waals surface area (Å²) in [5, 5.41) is 5.57. The van der Waals surface area contributed by atoms with E-state index in [4.69, 9.17) is 0 Å². The van der Waals surface area contributed by atoms with Crippen molar-refractivity contribution in [1.29, 1.82) is 0 Å². The quantitative estimate of drug-likeness (QED) is 0.857. The molecule has 0 saturated heterocycles. The number of rotatable bonds is 5. The summed E-state index contributed by atoms with van der Waals surface area (Å²) in [4.78, 5) is 4.28. The smallest absolute Gasteiger partial charge is 0.0701 e. The van der Waals surface area contributed by atoms with Crippen LogP contribution in [-0.2, 0) is 13.0 Å². The van der Waals surface area contributed by atoms with Crippen molar-refractivity contribution in [2.24, 2.45) is 0 Å². The maximum absolute atomic E-state index is 4.28. The van der Waals surface area contributed by atoms with Gasteiger partial charge in [-0.15, -0.1) is 11.3 Å². The van der Waals surface area contributed by atoms with Crippen molar-refractivity contribution in [2.75, 3.05) is 6.54 Å². The normalized spacial score (nSPS) is 10.6. The molecule has 2 aromatic heterocycles. The maximum atomic E-state index is 4.28. The molecule has 0 aliphatic carbocycles. The first-order chi connectivity index (χ1) is 7.84. The van der Waals surface area contributed by atoms with E-state index in [0.29, 0.717) is 0 Å². The third-order valence-electron chi connectivity index (χ3n) is 2.23. The molecular weight excluding hydrogens is 284 g/mol. The van der Waals surface area contributed by atoms with Crippen LogP contribution in [0.1, 0.15) is 11.3 Å². The highest BCUT2D eigenvalue weighted by Gasteiger charge is 1.97. The zero-order valence-electron chi connectivity index (χ0n) is 8.82. The van der Waals surface area contributed by atoms with Crippen molar-refractivity contribution >= 4 is 27.3 Å². The minimum absolute atomic E-state index is 0.926. The molecule has 1 N–H and O–H groups in total. The molecule has 0 bridgehead atoms. The third-order valence-corrected chi connectivity index (χ3v) is 3.79. The van der Waals surface area contributed by atoms with Crippen molar-refractivity contribution in [2.45, 2.75) is 13.0 Å². The van der Waals surface area contributed by atoms with Gasteiger partial charge in [-0.05, 0) is 45.1 Å². The van der Waals surface area contributed by atoms with Crippen molar-refractivity contribution in [3.63, 3.8) is 0 Å². The molecule has 2 nitrogen and oxygen atoms in total. The van der Waals surface area contributed by atoms with Crippen molar-refractivity contribution in [3.8, 4) is 0 Å². The molecule has 0 radical (unpaired) electrons. The van der Waals surface area contributed by atoms with Crippen LogP contribution in [0.4, 0.5) is 0 Å². The van der Waals surface area contributed by atoms with Crippen LogP contribution in [0.15, 0.2) is 39.6 Å².